The highest BCUT2D eigenvalue weighted by Crippen LogP contribution is 2.15. The van der Waals surface area contributed by atoms with E-state index in [1.165, 1.54) is 122 Å². The minimum Gasteiger partial charge on any atom is -0.376 e. The van der Waals surface area contributed by atoms with Crippen LogP contribution in [0.15, 0.2) is 0 Å². The van der Waals surface area contributed by atoms with Crippen molar-refractivity contribution in [3.63, 3.8) is 0 Å². The topological polar surface area (TPSA) is 9.23 Å². The summed E-state index contributed by atoms with van der Waals surface area (Å²) < 4.78 is 5.39. The van der Waals surface area contributed by atoms with Crippen molar-refractivity contribution in [1.29, 1.82) is 0 Å². The number of hydrogen-bond acceptors (Lipinski definition) is 1. The highest BCUT2D eigenvalue weighted by atomic mass is 16.5. The van der Waals surface area contributed by atoms with E-state index in [-0.39, 0.29) is 0 Å². The molecule has 0 atom stereocenters. The van der Waals surface area contributed by atoms with E-state index < -0.39 is 0 Å². The lowest BCUT2D eigenvalue weighted by molar-refractivity contribution is 0.190. The largest absolute Gasteiger partial charge is 0.376 e. The predicted molar refractivity (Wildman–Crippen MR) is 119 cm³/mol. The molecule has 0 aromatic carbocycles. The molecular weight excluding hydrogens is 316 g/mol. The Balaban J connectivity index is 2.95. The molecular formula is C25H51O. The molecule has 0 unspecified atom stereocenters. The van der Waals surface area contributed by atoms with Gasteiger partial charge in [-0.2, -0.15) is 0 Å². The van der Waals surface area contributed by atoms with Gasteiger partial charge < -0.3 is 4.74 Å². The van der Waals surface area contributed by atoms with Crippen molar-refractivity contribution in [2.24, 2.45) is 0 Å². The average molecular weight is 368 g/mol. The Labute approximate surface area is 167 Å². The summed E-state index contributed by atoms with van der Waals surface area (Å²) in [5, 5.41) is 0. The van der Waals surface area contributed by atoms with Gasteiger partial charge >= 0.3 is 0 Å². The van der Waals surface area contributed by atoms with Gasteiger partial charge in [-0.3, -0.25) is 0 Å². The van der Waals surface area contributed by atoms with E-state index in [2.05, 4.69) is 13.8 Å². The fourth-order valence-corrected chi connectivity index (χ4v) is 3.59. The van der Waals surface area contributed by atoms with Gasteiger partial charge in [0.25, 0.3) is 0 Å². The molecule has 1 nitrogen and oxygen atoms in total. The molecule has 0 aromatic rings. The first-order chi connectivity index (χ1) is 12.9. The first-order valence-corrected chi connectivity index (χ1v) is 12.3. The smallest absolute Gasteiger partial charge is 0.0836 e. The minimum absolute atomic E-state index is 0.888. The molecule has 0 aliphatic rings. The highest BCUT2D eigenvalue weighted by molar-refractivity contribution is 4.53. The molecule has 0 N–H and O–H groups in total. The third-order valence-electron chi connectivity index (χ3n) is 5.37. The Morgan fingerprint density at radius 1 is 0.423 bits per heavy atom. The second kappa shape index (κ2) is 25.0. The second-order valence-electron chi connectivity index (χ2n) is 8.19. The van der Waals surface area contributed by atoms with Gasteiger partial charge in [0.05, 0.1) is 6.61 Å². The first kappa shape index (κ1) is 26.0. The monoisotopic (exact) mass is 367 g/mol. The van der Waals surface area contributed by atoms with Gasteiger partial charge in [-0.05, 0) is 12.8 Å². The van der Waals surface area contributed by atoms with Gasteiger partial charge in [-0.15, -0.1) is 0 Å². The molecule has 157 valence electrons. The number of rotatable bonds is 23. The Morgan fingerprint density at radius 2 is 0.769 bits per heavy atom. The van der Waals surface area contributed by atoms with E-state index in [0.29, 0.717) is 0 Å². The van der Waals surface area contributed by atoms with E-state index in [9.17, 15) is 0 Å². The highest BCUT2D eigenvalue weighted by Gasteiger charge is 1.95. The minimum atomic E-state index is 0.888. The van der Waals surface area contributed by atoms with Crippen LogP contribution in [0.2, 0.25) is 0 Å². The zero-order valence-corrected chi connectivity index (χ0v) is 18.5. The molecule has 0 fully saturated rings. The van der Waals surface area contributed by atoms with E-state index in [0.717, 1.165) is 19.4 Å². The molecule has 0 amide bonds. The van der Waals surface area contributed by atoms with Crippen LogP contribution in [-0.2, 0) is 4.74 Å². The van der Waals surface area contributed by atoms with Crippen LogP contribution in [0.25, 0.3) is 0 Å². The third-order valence-corrected chi connectivity index (χ3v) is 5.37. The van der Waals surface area contributed by atoms with Crippen molar-refractivity contribution in [2.45, 2.75) is 149 Å². The van der Waals surface area contributed by atoms with Gasteiger partial charge in [-0.25, -0.2) is 0 Å². The number of unbranched alkanes of at least 4 members (excludes halogenated alkanes) is 19. The number of hydrogen-bond donors (Lipinski definition) is 0. The quantitative estimate of drug-likeness (QED) is 0.163. The van der Waals surface area contributed by atoms with E-state index in [4.69, 9.17) is 4.74 Å². The zero-order chi connectivity index (χ0) is 19.0. The van der Waals surface area contributed by atoms with Crippen molar-refractivity contribution in [3.8, 4) is 0 Å². The molecule has 0 bridgehead atoms. The van der Waals surface area contributed by atoms with Gasteiger partial charge in [0.1, 0.15) is 0 Å². The molecule has 0 saturated heterocycles. The zero-order valence-electron chi connectivity index (χ0n) is 18.5. The van der Waals surface area contributed by atoms with Crippen LogP contribution in [0.3, 0.4) is 0 Å². The Bertz CT molecular complexity index is 202. The van der Waals surface area contributed by atoms with E-state index >= 15 is 0 Å². The third kappa shape index (κ3) is 24.0. The summed E-state index contributed by atoms with van der Waals surface area (Å²) in [5.41, 5.74) is 0. The van der Waals surface area contributed by atoms with Crippen molar-refractivity contribution in [3.05, 3.63) is 6.61 Å². The number of ether oxygens (including phenoxy) is 1. The van der Waals surface area contributed by atoms with Gasteiger partial charge in [-0.1, -0.05) is 136 Å². The van der Waals surface area contributed by atoms with E-state index in [1.54, 1.807) is 0 Å². The Hall–Kier alpha value is -0.0400. The van der Waals surface area contributed by atoms with E-state index in [1.807, 2.05) is 6.61 Å². The lowest BCUT2D eigenvalue weighted by Crippen LogP contribution is -1.89. The maximum atomic E-state index is 5.39. The van der Waals surface area contributed by atoms with Crippen molar-refractivity contribution in [2.75, 3.05) is 6.61 Å². The van der Waals surface area contributed by atoms with Crippen LogP contribution < -0.4 is 0 Å². The normalized spacial score (nSPS) is 11.3. The molecule has 0 aromatic heterocycles. The summed E-state index contributed by atoms with van der Waals surface area (Å²) in [7, 11) is 0. The fraction of sp³-hybridized carbons (Fsp3) is 0.960. The average Bonchev–Trinajstić information content (AvgIpc) is 2.66. The van der Waals surface area contributed by atoms with Crippen LogP contribution in [0.5, 0.6) is 0 Å². The van der Waals surface area contributed by atoms with Crippen LogP contribution in [-0.4, -0.2) is 6.61 Å². The molecule has 0 saturated carbocycles. The van der Waals surface area contributed by atoms with Gasteiger partial charge in [0, 0.05) is 6.61 Å². The van der Waals surface area contributed by atoms with Crippen molar-refractivity contribution in [1.82, 2.24) is 0 Å². The fourth-order valence-electron chi connectivity index (χ4n) is 3.59. The molecule has 26 heavy (non-hydrogen) atoms. The van der Waals surface area contributed by atoms with Crippen molar-refractivity contribution >= 4 is 0 Å². The lowest BCUT2D eigenvalue weighted by Gasteiger charge is -2.04. The van der Waals surface area contributed by atoms with Crippen molar-refractivity contribution < 1.29 is 4.74 Å². The maximum Gasteiger partial charge on any atom is 0.0836 e. The molecule has 1 radical (unpaired) electrons. The summed E-state index contributed by atoms with van der Waals surface area (Å²) in [6.07, 6.45) is 29.8. The van der Waals surface area contributed by atoms with Crippen LogP contribution in [0.4, 0.5) is 0 Å². The van der Waals surface area contributed by atoms with Crippen LogP contribution >= 0.6 is 0 Å². The molecule has 1 heteroatoms. The molecule has 0 aliphatic heterocycles. The second-order valence-corrected chi connectivity index (χ2v) is 8.19. The summed E-state index contributed by atoms with van der Waals surface area (Å²) in [4.78, 5) is 0. The summed E-state index contributed by atoms with van der Waals surface area (Å²) in [5.74, 6) is 0. The van der Waals surface area contributed by atoms with Crippen LogP contribution in [0, 0.1) is 6.61 Å². The summed E-state index contributed by atoms with van der Waals surface area (Å²) in [6, 6.07) is 0. The standard InChI is InChI=1S/C25H51O/c1-3-5-6-7-8-9-10-11-12-13-14-15-16-17-18-19-20-21-22-23-25-26-24-4-2/h25H,3-24H2,1-2H3. The lowest BCUT2D eigenvalue weighted by atomic mass is 10.0. The molecule has 0 aliphatic carbocycles. The SMILES string of the molecule is CCCCCCCCCCCCCCCCCCCCC[CH]OCCC. The van der Waals surface area contributed by atoms with Crippen LogP contribution in [0.1, 0.15) is 149 Å². The predicted octanol–water partition coefficient (Wildman–Crippen LogP) is 9.40. The molecule has 0 heterocycles. The Kier molecular flexibility index (Phi) is 24.9. The molecule has 0 spiro atoms. The molecule has 0 rings (SSSR count). The maximum absolute atomic E-state index is 5.39. The van der Waals surface area contributed by atoms with Gasteiger partial charge in [0.15, 0.2) is 0 Å². The summed E-state index contributed by atoms with van der Waals surface area (Å²) in [6.45, 7) is 7.35. The first-order valence-electron chi connectivity index (χ1n) is 12.3. The van der Waals surface area contributed by atoms with Gasteiger partial charge in [0.2, 0.25) is 0 Å². The summed E-state index contributed by atoms with van der Waals surface area (Å²) >= 11 is 0. The Morgan fingerprint density at radius 3 is 1.12 bits per heavy atom.